The number of nitrogens with zero attached hydrogens (tertiary/aromatic N) is 5. The van der Waals surface area contributed by atoms with E-state index in [1.807, 2.05) is 0 Å². The number of halogens is 7. The molecule has 0 bridgehead atoms. The minimum Gasteiger partial charge on any atom is -0.415 e. The van der Waals surface area contributed by atoms with Crippen LogP contribution in [0.3, 0.4) is 0 Å². The molecular formula is C18H10F7N5O2. The standard InChI is InChI=1S/C18H10F7N5O2/c1-30(17(31)9-6-26-3-2-11(9)18(23,24)25)27-7-10-12(19)4-8(5-13(10)20)15-28-29-16(32-15)14(21)22/h2-7,14H,1H3/b27-7+. The first-order valence-electron chi connectivity index (χ1n) is 8.43. The molecule has 2 aromatic heterocycles. The minimum atomic E-state index is -4.84. The topological polar surface area (TPSA) is 84.5 Å². The maximum absolute atomic E-state index is 14.3. The maximum atomic E-state index is 14.3. The summed E-state index contributed by atoms with van der Waals surface area (Å²) in [5.74, 6) is -5.31. The Morgan fingerprint density at radius 1 is 1.19 bits per heavy atom. The molecule has 3 aromatic rings. The number of pyridine rings is 1. The van der Waals surface area contributed by atoms with Crippen molar-refractivity contribution in [2.24, 2.45) is 5.10 Å². The Balaban J connectivity index is 1.86. The molecule has 0 N–H and O–H groups in total. The Kier molecular flexibility index (Phi) is 6.23. The van der Waals surface area contributed by atoms with Gasteiger partial charge in [0.25, 0.3) is 11.8 Å². The zero-order valence-corrected chi connectivity index (χ0v) is 15.7. The van der Waals surface area contributed by atoms with Crippen LogP contribution in [0.25, 0.3) is 11.5 Å². The van der Waals surface area contributed by atoms with E-state index in [4.69, 9.17) is 0 Å². The van der Waals surface area contributed by atoms with Crippen molar-refractivity contribution in [3.63, 3.8) is 0 Å². The van der Waals surface area contributed by atoms with Gasteiger partial charge in [-0.25, -0.2) is 13.8 Å². The molecule has 2 heterocycles. The molecule has 1 aromatic carbocycles. The molecule has 0 atom stereocenters. The van der Waals surface area contributed by atoms with Gasteiger partial charge in [0.05, 0.1) is 22.9 Å². The second kappa shape index (κ2) is 8.72. The third kappa shape index (κ3) is 4.73. The number of benzene rings is 1. The summed E-state index contributed by atoms with van der Waals surface area (Å²) in [4.78, 5) is 15.8. The molecule has 0 radical (unpaired) electrons. The lowest BCUT2D eigenvalue weighted by Crippen LogP contribution is -2.25. The second-order valence-electron chi connectivity index (χ2n) is 6.09. The average Bonchev–Trinajstić information content (AvgIpc) is 3.22. The number of alkyl halides is 5. The number of carbonyl (C=O) groups excluding carboxylic acids is 1. The largest absolute Gasteiger partial charge is 0.417 e. The van der Waals surface area contributed by atoms with Gasteiger partial charge in [0.1, 0.15) is 11.6 Å². The molecule has 0 fully saturated rings. The second-order valence-corrected chi connectivity index (χ2v) is 6.09. The normalized spacial score (nSPS) is 12.0. The Morgan fingerprint density at radius 2 is 1.84 bits per heavy atom. The molecule has 7 nitrogen and oxygen atoms in total. The predicted octanol–water partition coefficient (Wildman–Crippen LogP) is 4.47. The van der Waals surface area contributed by atoms with Gasteiger partial charge in [-0.2, -0.15) is 27.1 Å². The molecule has 1 amide bonds. The van der Waals surface area contributed by atoms with Crippen molar-refractivity contribution in [2.75, 3.05) is 7.05 Å². The van der Waals surface area contributed by atoms with Crippen molar-refractivity contribution >= 4 is 12.1 Å². The summed E-state index contributed by atoms with van der Waals surface area (Å²) in [6.45, 7) is 0. The Hall–Kier alpha value is -3.84. The summed E-state index contributed by atoms with van der Waals surface area (Å²) in [5.41, 5.74) is -3.18. The highest BCUT2D eigenvalue weighted by Gasteiger charge is 2.36. The number of rotatable bonds is 5. The Labute approximate surface area is 174 Å². The van der Waals surface area contributed by atoms with E-state index in [-0.39, 0.29) is 5.56 Å². The molecule has 168 valence electrons. The van der Waals surface area contributed by atoms with Crippen LogP contribution >= 0.6 is 0 Å². The van der Waals surface area contributed by atoms with Crippen molar-refractivity contribution in [3.8, 4) is 11.5 Å². The fourth-order valence-corrected chi connectivity index (χ4v) is 2.45. The van der Waals surface area contributed by atoms with Gasteiger partial charge < -0.3 is 4.42 Å². The molecule has 0 aliphatic heterocycles. The highest BCUT2D eigenvalue weighted by Crippen LogP contribution is 2.32. The third-order valence-electron chi connectivity index (χ3n) is 3.96. The van der Waals surface area contributed by atoms with Crippen LogP contribution in [0.5, 0.6) is 0 Å². The first kappa shape index (κ1) is 22.8. The summed E-state index contributed by atoms with van der Waals surface area (Å²) in [6.07, 6.45) is -5.82. The number of hydrazone groups is 1. The van der Waals surface area contributed by atoms with Crippen molar-refractivity contribution in [1.82, 2.24) is 20.2 Å². The fraction of sp³-hybridized carbons (Fsp3) is 0.167. The van der Waals surface area contributed by atoms with Crippen molar-refractivity contribution in [3.05, 3.63) is 64.8 Å². The van der Waals surface area contributed by atoms with E-state index >= 15 is 0 Å². The molecule has 14 heteroatoms. The van der Waals surface area contributed by atoms with Crippen LogP contribution in [0.4, 0.5) is 30.7 Å². The van der Waals surface area contributed by atoms with Crippen molar-refractivity contribution < 1.29 is 39.9 Å². The molecule has 0 unspecified atom stereocenters. The van der Waals surface area contributed by atoms with Gasteiger partial charge in [-0.1, -0.05) is 0 Å². The van der Waals surface area contributed by atoms with Gasteiger partial charge >= 0.3 is 12.6 Å². The third-order valence-corrected chi connectivity index (χ3v) is 3.96. The van der Waals surface area contributed by atoms with Gasteiger partial charge in [0.2, 0.25) is 5.89 Å². The van der Waals surface area contributed by atoms with Crippen molar-refractivity contribution in [1.29, 1.82) is 0 Å². The van der Waals surface area contributed by atoms with Crippen LogP contribution in [0.1, 0.15) is 33.8 Å². The summed E-state index contributed by atoms with van der Waals surface area (Å²) in [6, 6.07) is 1.98. The van der Waals surface area contributed by atoms with Gasteiger partial charge in [0, 0.05) is 25.0 Å². The SMILES string of the molecule is CN(/N=C/c1c(F)cc(-c2nnc(C(F)F)o2)cc1F)C(=O)c1cnccc1C(F)(F)F. The van der Waals surface area contributed by atoms with E-state index in [1.54, 1.807) is 0 Å². The van der Waals surface area contributed by atoms with Crippen LogP contribution in [0, 0.1) is 11.6 Å². The van der Waals surface area contributed by atoms with E-state index < -0.39 is 58.6 Å². The smallest absolute Gasteiger partial charge is 0.415 e. The molecule has 0 saturated heterocycles. The minimum absolute atomic E-state index is 0.342. The molecular weight excluding hydrogens is 451 g/mol. The monoisotopic (exact) mass is 461 g/mol. The van der Waals surface area contributed by atoms with Crippen LogP contribution in [-0.2, 0) is 6.18 Å². The predicted molar refractivity (Wildman–Crippen MR) is 93.5 cm³/mol. The number of aromatic nitrogens is 3. The lowest BCUT2D eigenvalue weighted by molar-refractivity contribution is -0.138. The molecule has 0 spiro atoms. The Morgan fingerprint density at radius 3 is 2.41 bits per heavy atom. The van der Waals surface area contributed by atoms with E-state index in [1.165, 1.54) is 0 Å². The van der Waals surface area contributed by atoms with Crippen LogP contribution in [-0.4, -0.2) is 39.4 Å². The van der Waals surface area contributed by atoms with E-state index in [0.717, 1.165) is 13.2 Å². The maximum Gasteiger partial charge on any atom is 0.417 e. The molecule has 0 aliphatic rings. The molecule has 0 saturated carbocycles. The summed E-state index contributed by atoms with van der Waals surface area (Å²) < 4.78 is 97.5. The fourth-order valence-electron chi connectivity index (χ4n) is 2.45. The molecule has 32 heavy (non-hydrogen) atoms. The first-order valence-corrected chi connectivity index (χ1v) is 8.43. The lowest BCUT2D eigenvalue weighted by atomic mass is 10.1. The average molecular weight is 461 g/mol. The molecule has 3 rings (SSSR count). The van der Waals surface area contributed by atoms with E-state index in [2.05, 4.69) is 24.7 Å². The number of hydrogen-bond donors (Lipinski definition) is 0. The number of carbonyl (C=O) groups is 1. The van der Waals surface area contributed by atoms with E-state index in [0.29, 0.717) is 35.6 Å². The van der Waals surface area contributed by atoms with Gasteiger partial charge in [-0.3, -0.25) is 9.78 Å². The highest BCUT2D eigenvalue weighted by molar-refractivity contribution is 5.96. The number of hydrogen-bond acceptors (Lipinski definition) is 6. The van der Waals surface area contributed by atoms with E-state index in [9.17, 15) is 35.5 Å². The highest BCUT2D eigenvalue weighted by atomic mass is 19.4. The van der Waals surface area contributed by atoms with Crippen molar-refractivity contribution in [2.45, 2.75) is 12.6 Å². The van der Waals surface area contributed by atoms with Crippen LogP contribution < -0.4 is 0 Å². The Bertz CT molecular complexity index is 1150. The van der Waals surface area contributed by atoms with Gasteiger partial charge in [0.15, 0.2) is 0 Å². The zero-order valence-electron chi connectivity index (χ0n) is 15.7. The van der Waals surface area contributed by atoms with Gasteiger partial charge in [-0.15, -0.1) is 10.2 Å². The van der Waals surface area contributed by atoms with Crippen LogP contribution in [0.2, 0.25) is 0 Å². The summed E-state index contributed by atoms with van der Waals surface area (Å²) in [5, 5.41) is 10.2. The first-order chi connectivity index (χ1) is 15.0. The van der Waals surface area contributed by atoms with Gasteiger partial charge in [-0.05, 0) is 18.2 Å². The molecule has 0 aliphatic carbocycles. The lowest BCUT2D eigenvalue weighted by Gasteiger charge is -2.15. The summed E-state index contributed by atoms with van der Waals surface area (Å²) in [7, 11) is 0.973. The zero-order chi connectivity index (χ0) is 23.6. The quantitative estimate of drug-likeness (QED) is 0.318. The van der Waals surface area contributed by atoms with Crippen LogP contribution in [0.15, 0.2) is 40.1 Å². The number of amides is 1. The summed E-state index contributed by atoms with van der Waals surface area (Å²) >= 11 is 0.